The largest absolute Gasteiger partial charge is 0.494 e. The number of benzene rings is 1. The number of hydrogen-bond acceptors (Lipinski definition) is 5. The second kappa shape index (κ2) is 8.98. The topological polar surface area (TPSA) is 64.8 Å². The summed E-state index contributed by atoms with van der Waals surface area (Å²) in [6, 6.07) is 10.7. The normalized spacial score (nSPS) is 28.2. The highest BCUT2D eigenvalue weighted by Crippen LogP contribution is 2.60. The zero-order valence-electron chi connectivity index (χ0n) is 21.1. The first-order chi connectivity index (χ1) is 17.7. The summed E-state index contributed by atoms with van der Waals surface area (Å²) in [5, 5.41) is 24.6. The Balaban J connectivity index is 1.01. The van der Waals surface area contributed by atoms with Crippen LogP contribution in [0.2, 0.25) is 0 Å². The first-order valence-electron chi connectivity index (χ1n) is 14.1. The average molecular weight is 487 g/mol. The Labute approximate surface area is 213 Å². The molecule has 1 aliphatic heterocycles. The van der Waals surface area contributed by atoms with Crippen LogP contribution in [0.25, 0.3) is 10.8 Å². The van der Waals surface area contributed by atoms with Crippen molar-refractivity contribution in [1.82, 2.24) is 14.5 Å². The summed E-state index contributed by atoms with van der Waals surface area (Å²) >= 11 is 0. The molecule has 6 heteroatoms. The van der Waals surface area contributed by atoms with Crippen molar-refractivity contribution >= 4 is 16.6 Å². The maximum absolute atomic E-state index is 11.1. The van der Waals surface area contributed by atoms with Crippen LogP contribution in [0.3, 0.4) is 0 Å². The second-order valence-electron chi connectivity index (χ2n) is 11.8. The first-order valence-corrected chi connectivity index (χ1v) is 14.1. The number of piperazine rings is 1. The van der Waals surface area contributed by atoms with E-state index < -0.39 is 0 Å². The van der Waals surface area contributed by atoms with E-state index in [4.69, 9.17) is 4.98 Å². The molecule has 190 valence electrons. The molecule has 4 atom stereocenters. The number of pyridine rings is 1. The van der Waals surface area contributed by atoms with E-state index in [0.29, 0.717) is 35.4 Å². The Kier molecular flexibility index (Phi) is 5.61. The van der Waals surface area contributed by atoms with Gasteiger partial charge in [0, 0.05) is 62.0 Å². The third kappa shape index (κ3) is 3.76. The van der Waals surface area contributed by atoms with Gasteiger partial charge in [-0.2, -0.15) is 0 Å². The van der Waals surface area contributed by atoms with Crippen LogP contribution in [0.5, 0.6) is 11.8 Å². The lowest BCUT2D eigenvalue weighted by atomic mass is 9.78. The summed E-state index contributed by atoms with van der Waals surface area (Å²) in [4.78, 5) is 9.80. The Morgan fingerprint density at radius 2 is 1.42 bits per heavy atom. The lowest BCUT2D eigenvalue weighted by Gasteiger charge is -2.40. The minimum atomic E-state index is 0.371. The molecule has 0 spiro atoms. The van der Waals surface area contributed by atoms with Crippen molar-refractivity contribution in [3.63, 3.8) is 0 Å². The maximum atomic E-state index is 11.1. The number of nitrogens with zero attached hydrogens (tertiary/aromatic N) is 4. The van der Waals surface area contributed by atoms with Gasteiger partial charge in [0.2, 0.25) is 0 Å². The van der Waals surface area contributed by atoms with Crippen LogP contribution in [-0.2, 0) is 6.54 Å². The summed E-state index contributed by atoms with van der Waals surface area (Å²) in [5.41, 5.74) is 2.16. The van der Waals surface area contributed by atoms with Crippen molar-refractivity contribution in [2.24, 2.45) is 11.8 Å². The van der Waals surface area contributed by atoms with Crippen LogP contribution in [0.15, 0.2) is 36.5 Å². The number of aromatic nitrogens is 2. The van der Waals surface area contributed by atoms with E-state index in [9.17, 15) is 10.2 Å². The quantitative estimate of drug-likeness (QED) is 0.503. The monoisotopic (exact) mass is 486 g/mol. The fourth-order valence-electron chi connectivity index (χ4n) is 7.85. The Bertz CT molecular complexity index is 1230. The Hall–Kier alpha value is -2.73. The number of fused-ring (bicyclic) bond motifs is 6. The predicted molar refractivity (Wildman–Crippen MR) is 143 cm³/mol. The lowest BCUT2D eigenvalue weighted by Crippen LogP contribution is -2.49. The summed E-state index contributed by atoms with van der Waals surface area (Å²) in [6.07, 6.45) is 10.5. The third-order valence-corrected chi connectivity index (χ3v) is 9.82. The highest BCUT2D eigenvalue weighted by atomic mass is 16.3. The molecular formula is C30H38N4O2. The number of aromatic hydroxyl groups is 2. The van der Waals surface area contributed by atoms with Crippen LogP contribution in [0.4, 0.5) is 5.82 Å². The molecule has 36 heavy (non-hydrogen) atoms. The number of rotatable bonds is 5. The molecule has 2 aromatic heterocycles. The highest BCUT2D eigenvalue weighted by Gasteiger charge is 2.44. The van der Waals surface area contributed by atoms with Crippen molar-refractivity contribution in [2.45, 2.75) is 63.3 Å². The molecule has 3 aromatic rings. The number of hydrogen-bond donors (Lipinski definition) is 2. The third-order valence-electron chi connectivity index (χ3n) is 9.82. The van der Waals surface area contributed by atoms with Crippen molar-refractivity contribution in [2.75, 3.05) is 37.6 Å². The smallest absolute Gasteiger partial charge is 0.197 e. The molecule has 6 nitrogen and oxygen atoms in total. The van der Waals surface area contributed by atoms with Crippen molar-refractivity contribution in [3.05, 3.63) is 47.7 Å². The fourth-order valence-corrected chi connectivity index (χ4v) is 7.85. The molecule has 2 saturated carbocycles. The molecule has 3 fully saturated rings. The second-order valence-corrected chi connectivity index (χ2v) is 11.8. The van der Waals surface area contributed by atoms with Crippen LogP contribution < -0.4 is 4.90 Å². The minimum absolute atomic E-state index is 0.371. The summed E-state index contributed by atoms with van der Waals surface area (Å²) in [7, 11) is 0. The summed E-state index contributed by atoms with van der Waals surface area (Å²) in [6.45, 7) is 6.03. The lowest BCUT2D eigenvalue weighted by molar-refractivity contribution is 0.130. The zero-order valence-corrected chi connectivity index (χ0v) is 21.1. The van der Waals surface area contributed by atoms with Gasteiger partial charge in [-0.15, -0.1) is 0 Å². The molecule has 1 aromatic carbocycles. The molecule has 0 amide bonds. The van der Waals surface area contributed by atoms with Crippen LogP contribution >= 0.6 is 0 Å². The average Bonchev–Trinajstić information content (AvgIpc) is 3.60. The predicted octanol–water partition coefficient (Wildman–Crippen LogP) is 5.44. The van der Waals surface area contributed by atoms with Gasteiger partial charge in [-0.25, -0.2) is 4.98 Å². The van der Waals surface area contributed by atoms with Gasteiger partial charge in [0.05, 0.1) is 0 Å². The maximum Gasteiger partial charge on any atom is 0.197 e. The molecule has 2 N–H and O–H groups in total. The molecule has 0 radical (unpaired) electrons. The SMILES string of the molecule is Oc1c2c(c(O)n1CC1CCCCC1CN1CCN(c3cc4ccccc4cn3)CC1)C1CCC2C1. The van der Waals surface area contributed by atoms with Crippen LogP contribution in [0, 0.1) is 11.8 Å². The summed E-state index contributed by atoms with van der Waals surface area (Å²) < 4.78 is 1.88. The molecule has 7 rings (SSSR count). The molecule has 4 unspecified atom stereocenters. The van der Waals surface area contributed by atoms with Gasteiger partial charge in [0.25, 0.3) is 0 Å². The van der Waals surface area contributed by atoms with Crippen molar-refractivity contribution in [1.29, 1.82) is 0 Å². The van der Waals surface area contributed by atoms with Crippen LogP contribution in [-0.4, -0.2) is 57.4 Å². The number of anilines is 1. The minimum Gasteiger partial charge on any atom is -0.494 e. The molecule has 2 bridgehead atoms. The van der Waals surface area contributed by atoms with Gasteiger partial charge in [-0.1, -0.05) is 37.1 Å². The van der Waals surface area contributed by atoms with E-state index in [1.54, 1.807) is 0 Å². The van der Waals surface area contributed by atoms with Gasteiger partial charge in [0.15, 0.2) is 11.8 Å². The van der Waals surface area contributed by atoms with Gasteiger partial charge in [-0.3, -0.25) is 9.47 Å². The van der Waals surface area contributed by atoms with Crippen molar-refractivity contribution in [3.8, 4) is 11.8 Å². The first kappa shape index (κ1) is 22.5. The highest BCUT2D eigenvalue weighted by molar-refractivity contribution is 5.83. The van der Waals surface area contributed by atoms with Gasteiger partial charge in [0.1, 0.15) is 5.82 Å². The van der Waals surface area contributed by atoms with E-state index in [1.807, 2.05) is 10.8 Å². The molecule has 3 aliphatic carbocycles. The van der Waals surface area contributed by atoms with Crippen LogP contribution in [0.1, 0.15) is 67.9 Å². The van der Waals surface area contributed by atoms with Crippen molar-refractivity contribution < 1.29 is 10.2 Å². The summed E-state index contributed by atoms with van der Waals surface area (Å²) in [5.74, 6) is 3.90. The van der Waals surface area contributed by atoms with E-state index in [2.05, 4.69) is 40.1 Å². The Morgan fingerprint density at radius 3 is 2.11 bits per heavy atom. The van der Waals surface area contributed by atoms with Gasteiger partial charge in [-0.05, 0) is 67.2 Å². The van der Waals surface area contributed by atoms with Gasteiger partial charge < -0.3 is 15.1 Å². The molecule has 4 aliphatic rings. The standard InChI is InChI=1S/C30H38N4O2/c35-29-27-21-9-10-22(15-21)28(27)30(36)34(29)19-25-8-4-3-7-24(25)18-32-11-13-33(14-12-32)26-16-20-5-1-2-6-23(20)17-31-26/h1-2,5-6,16-17,21-22,24-25,35-36H,3-4,7-15,18-19H2. The molecule has 1 saturated heterocycles. The molecular weight excluding hydrogens is 448 g/mol. The van der Waals surface area contributed by atoms with E-state index in [0.717, 1.165) is 62.6 Å². The van der Waals surface area contributed by atoms with E-state index in [1.165, 1.54) is 49.3 Å². The van der Waals surface area contributed by atoms with E-state index >= 15 is 0 Å². The van der Waals surface area contributed by atoms with Gasteiger partial charge >= 0.3 is 0 Å². The zero-order chi connectivity index (χ0) is 24.2. The van der Waals surface area contributed by atoms with E-state index in [-0.39, 0.29) is 0 Å². The Morgan fingerprint density at radius 1 is 0.778 bits per heavy atom. The fraction of sp³-hybridized carbons (Fsp3) is 0.567. The molecule has 3 heterocycles.